The summed E-state index contributed by atoms with van der Waals surface area (Å²) in [5, 5.41) is 5.88. The molecule has 146 valence electrons. The summed E-state index contributed by atoms with van der Waals surface area (Å²) in [5.41, 5.74) is 7.84. The fourth-order valence-corrected chi connectivity index (χ4v) is 3.35. The molecule has 1 saturated carbocycles. The van der Waals surface area contributed by atoms with Crippen LogP contribution in [-0.4, -0.2) is 23.4 Å². The minimum Gasteiger partial charge on any atom is -0.347 e. The van der Waals surface area contributed by atoms with Gasteiger partial charge in [-0.15, -0.1) is 12.4 Å². The maximum Gasteiger partial charge on any atom is 0.252 e. The Morgan fingerprint density at radius 1 is 1.15 bits per heavy atom. The van der Waals surface area contributed by atoms with E-state index in [-0.39, 0.29) is 35.7 Å². The Morgan fingerprint density at radius 3 is 2.35 bits per heavy atom. The first-order valence-electron chi connectivity index (χ1n) is 9.17. The summed E-state index contributed by atoms with van der Waals surface area (Å²) >= 11 is 0. The van der Waals surface area contributed by atoms with Crippen molar-refractivity contribution in [3.05, 3.63) is 29.3 Å². The van der Waals surface area contributed by atoms with Gasteiger partial charge in [-0.2, -0.15) is 0 Å². The van der Waals surface area contributed by atoms with E-state index in [0.29, 0.717) is 11.3 Å². The van der Waals surface area contributed by atoms with E-state index in [1.165, 1.54) is 6.42 Å². The molecule has 0 aromatic heterocycles. The second kappa shape index (κ2) is 9.38. The van der Waals surface area contributed by atoms with Crippen molar-refractivity contribution in [2.75, 3.05) is 5.32 Å². The third-order valence-electron chi connectivity index (χ3n) is 4.79. The fourth-order valence-electron chi connectivity index (χ4n) is 3.35. The van der Waals surface area contributed by atoms with Crippen LogP contribution in [0.15, 0.2) is 18.2 Å². The summed E-state index contributed by atoms with van der Waals surface area (Å²) in [5.74, 6) is -0.0533. The average molecular weight is 382 g/mol. The van der Waals surface area contributed by atoms with Gasteiger partial charge in [0.25, 0.3) is 5.91 Å². The molecule has 4 N–H and O–H groups in total. The average Bonchev–Trinajstić information content (AvgIpc) is 2.55. The molecule has 0 heterocycles. The summed E-state index contributed by atoms with van der Waals surface area (Å²) < 4.78 is 0. The van der Waals surface area contributed by atoms with Gasteiger partial charge in [-0.1, -0.05) is 25.3 Å². The predicted molar refractivity (Wildman–Crippen MR) is 109 cm³/mol. The second-order valence-electron chi connectivity index (χ2n) is 8.10. The molecule has 1 aliphatic rings. The van der Waals surface area contributed by atoms with E-state index in [1.54, 1.807) is 12.1 Å². The molecule has 2 rings (SSSR count). The molecule has 1 fully saturated rings. The highest BCUT2D eigenvalue weighted by Gasteiger charge is 2.27. The van der Waals surface area contributed by atoms with Gasteiger partial charge in [0.05, 0.1) is 6.04 Å². The van der Waals surface area contributed by atoms with Crippen molar-refractivity contribution in [2.45, 2.75) is 71.4 Å². The van der Waals surface area contributed by atoms with Crippen LogP contribution < -0.4 is 16.4 Å². The van der Waals surface area contributed by atoms with Crippen LogP contribution >= 0.6 is 12.4 Å². The minimum atomic E-state index is -0.494. The lowest BCUT2D eigenvalue weighted by Gasteiger charge is -2.27. The predicted octanol–water partition coefficient (Wildman–Crippen LogP) is 3.79. The van der Waals surface area contributed by atoms with Crippen molar-refractivity contribution >= 4 is 29.9 Å². The van der Waals surface area contributed by atoms with E-state index in [9.17, 15) is 9.59 Å². The standard InChI is InChI=1S/C20H31N3O2.ClH/c1-13-15(18(24)23-20(2,3)4)11-8-12-16(13)22-19(25)17(21)14-9-6-5-7-10-14;/h8,11-12,14,17H,5-7,9-10,21H2,1-4H3,(H,22,25)(H,23,24);1H/t17-;/m0./s1. The number of benzene rings is 1. The molecule has 1 aromatic carbocycles. The van der Waals surface area contributed by atoms with Gasteiger partial charge in [-0.3, -0.25) is 9.59 Å². The van der Waals surface area contributed by atoms with Crippen LogP contribution in [0.2, 0.25) is 0 Å². The molecule has 0 spiro atoms. The molecule has 26 heavy (non-hydrogen) atoms. The van der Waals surface area contributed by atoms with E-state index < -0.39 is 6.04 Å². The molecule has 0 radical (unpaired) electrons. The highest BCUT2D eigenvalue weighted by Crippen LogP contribution is 2.27. The number of halogens is 1. The Hall–Kier alpha value is -1.59. The number of anilines is 1. The number of nitrogens with two attached hydrogens (primary N) is 1. The number of nitrogens with one attached hydrogen (secondary N) is 2. The molecule has 0 bridgehead atoms. The highest BCUT2D eigenvalue weighted by atomic mass is 35.5. The van der Waals surface area contributed by atoms with Crippen molar-refractivity contribution in [1.82, 2.24) is 5.32 Å². The van der Waals surface area contributed by atoms with Gasteiger partial charge in [0.1, 0.15) is 0 Å². The maximum atomic E-state index is 12.5. The zero-order valence-corrected chi connectivity index (χ0v) is 17.0. The molecule has 2 amide bonds. The molecule has 1 aliphatic carbocycles. The normalized spacial score (nSPS) is 16.3. The third-order valence-corrected chi connectivity index (χ3v) is 4.79. The lowest BCUT2D eigenvalue weighted by molar-refractivity contribution is -0.118. The Morgan fingerprint density at radius 2 is 1.77 bits per heavy atom. The number of rotatable bonds is 4. The molecule has 0 saturated heterocycles. The topological polar surface area (TPSA) is 84.2 Å². The second-order valence-corrected chi connectivity index (χ2v) is 8.10. The molecule has 1 aromatic rings. The fraction of sp³-hybridized carbons (Fsp3) is 0.600. The molecular weight excluding hydrogens is 350 g/mol. The van der Waals surface area contributed by atoms with Gasteiger partial charge in [-0.25, -0.2) is 0 Å². The number of amides is 2. The van der Waals surface area contributed by atoms with Gasteiger partial charge in [0, 0.05) is 16.8 Å². The highest BCUT2D eigenvalue weighted by molar-refractivity contribution is 6.00. The summed E-state index contributed by atoms with van der Waals surface area (Å²) in [7, 11) is 0. The van der Waals surface area contributed by atoms with E-state index >= 15 is 0 Å². The molecule has 6 heteroatoms. The Labute approximate surface area is 162 Å². The first-order chi connectivity index (χ1) is 11.7. The van der Waals surface area contributed by atoms with Gasteiger partial charge in [0.2, 0.25) is 5.91 Å². The van der Waals surface area contributed by atoms with E-state index in [4.69, 9.17) is 5.73 Å². The van der Waals surface area contributed by atoms with Gasteiger partial charge < -0.3 is 16.4 Å². The van der Waals surface area contributed by atoms with Crippen molar-refractivity contribution in [3.63, 3.8) is 0 Å². The largest absolute Gasteiger partial charge is 0.347 e. The van der Waals surface area contributed by atoms with Gasteiger partial charge >= 0.3 is 0 Å². The summed E-state index contributed by atoms with van der Waals surface area (Å²) in [6.07, 6.45) is 5.55. The molecule has 0 aliphatic heterocycles. The summed E-state index contributed by atoms with van der Waals surface area (Å²) in [6, 6.07) is 4.88. The minimum absolute atomic E-state index is 0. The van der Waals surface area contributed by atoms with Gasteiger partial charge in [-0.05, 0) is 64.2 Å². The van der Waals surface area contributed by atoms with Gasteiger partial charge in [0.15, 0.2) is 0 Å². The first kappa shape index (κ1) is 22.5. The van der Waals surface area contributed by atoms with Crippen LogP contribution in [0, 0.1) is 12.8 Å². The Bertz CT molecular complexity index is 634. The van der Waals surface area contributed by atoms with Crippen molar-refractivity contribution in [3.8, 4) is 0 Å². The molecule has 5 nitrogen and oxygen atoms in total. The van der Waals surface area contributed by atoms with Crippen molar-refractivity contribution < 1.29 is 9.59 Å². The lowest BCUT2D eigenvalue weighted by atomic mass is 9.84. The van der Waals surface area contributed by atoms with Crippen LogP contribution in [-0.2, 0) is 4.79 Å². The SMILES string of the molecule is Cc1c(NC(=O)[C@@H](N)C2CCCCC2)cccc1C(=O)NC(C)(C)C.Cl. The zero-order chi connectivity index (χ0) is 18.6. The van der Waals surface area contributed by atoms with E-state index in [2.05, 4.69) is 10.6 Å². The quantitative estimate of drug-likeness (QED) is 0.741. The van der Waals surface area contributed by atoms with Crippen molar-refractivity contribution in [2.24, 2.45) is 11.7 Å². The van der Waals surface area contributed by atoms with E-state index in [0.717, 1.165) is 31.2 Å². The van der Waals surface area contributed by atoms with Crippen LogP contribution in [0.1, 0.15) is 68.8 Å². The van der Waals surface area contributed by atoms with Crippen LogP contribution in [0.3, 0.4) is 0 Å². The number of carbonyl (C=O) groups is 2. The monoisotopic (exact) mass is 381 g/mol. The molecule has 1 atom stereocenters. The lowest BCUT2D eigenvalue weighted by Crippen LogP contribution is -2.43. The summed E-state index contributed by atoms with van der Waals surface area (Å²) in [4.78, 5) is 25.0. The summed E-state index contributed by atoms with van der Waals surface area (Å²) in [6.45, 7) is 7.67. The van der Waals surface area contributed by atoms with Crippen LogP contribution in [0.4, 0.5) is 5.69 Å². The van der Waals surface area contributed by atoms with E-state index in [1.807, 2.05) is 33.8 Å². The number of carbonyl (C=O) groups excluding carboxylic acids is 2. The smallest absolute Gasteiger partial charge is 0.252 e. The maximum absolute atomic E-state index is 12.5. The Kier molecular flexibility index (Phi) is 8.10. The number of hydrogen-bond acceptors (Lipinski definition) is 3. The van der Waals surface area contributed by atoms with Crippen LogP contribution in [0.5, 0.6) is 0 Å². The molecular formula is C20H32ClN3O2. The van der Waals surface area contributed by atoms with Crippen LogP contribution in [0.25, 0.3) is 0 Å². The third kappa shape index (κ3) is 5.99. The van der Waals surface area contributed by atoms with Crippen molar-refractivity contribution in [1.29, 1.82) is 0 Å². The first-order valence-corrected chi connectivity index (χ1v) is 9.17. The number of hydrogen-bond donors (Lipinski definition) is 3. The molecule has 0 unspecified atom stereocenters. The zero-order valence-electron chi connectivity index (χ0n) is 16.2. The Balaban J connectivity index is 0.00000338.